The Labute approximate surface area is 155 Å². The predicted molar refractivity (Wildman–Crippen MR) is 107 cm³/mol. The monoisotopic (exact) mass is 358 g/mol. The Hall–Kier alpha value is -3.61. The fourth-order valence-corrected chi connectivity index (χ4v) is 3.63. The summed E-state index contributed by atoms with van der Waals surface area (Å²) in [4.78, 5) is 22.4. The van der Waals surface area contributed by atoms with Crippen molar-refractivity contribution in [1.82, 2.24) is 4.57 Å². The van der Waals surface area contributed by atoms with E-state index in [9.17, 15) is 20.0 Å². The number of nitrogens with zero attached hydrogens (tertiary/aromatic N) is 2. The SMILES string of the molecule is Bc1ccc2c(c1)c1c(C(=O)O)cccc1n2-c1ccc([N+](=O)[O-])cc1C. The number of carboxylic acids is 1. The van der Waals surface area contributed by atoms with Gasteiger partial charge in [0.05, 0.1) is 21.5 Å². The van der Waals surface area contributed by atoms with Crippen molar-refractivity contribution in [1.29, 1.82) is 0 Å². The fourth-order valence-electron chi connectivity index (χ4n) is 3.63. The van der Waals surface area contributed by atoms with Gasteiger partial charge in [0.25, 0.3) is 5.69 Å². The maximum absolute atomic E-state index is 11.8. The zero-order valence-electron chi connectivity index (χ0n) is 14.8. The number of hydrogen-bond donors (Lipinski definition) is 1. The number of carboxylic acid groups (broad SMARTS) is 1. The van der Waals surface area contributed by atoms with Crippen molar-refractivity contribution in [2.75, 3.05) is 0 Å². The van der Waals surface area contributed by atoms with Gasteiger partial charge in [-0.25, -0.2) is 4.79 Å². The molecule has 6 nitrogen and oxygen atoms in total. The first-order chi connectivity index (χ1) is 12.9. The molecule has 132 valence electrons. The van der Waals surface area contributed by atoms with E-state index in [2.05, 4.69) is 0 Å². The van der Waals surface area contributed by atoms with Gasteiger partial charge in [0.2, 0.25) is 0 Å². The van der Waals surface area contributed by atoms with Gasteiger partial charge < -0.3 is 9.67 Å². The number of aromatic carboxylic acids is 1. The summed E-state index contributed by atoms with van der Waals surface area (Å²) < 4.78 is 1.97. The van der Waals surface area contributed by atoms with E-state index in [1.165, 1.54) is 12.1 Å². The van der Waals surface area contributed by atoms with Crippen LogP contribution in [-0.2, 0) is 0 Å². The average Bonchev–Trinajstić information content (AvgIpc) is 2.95. The summed E-state index contributed by atoms with van der Waals surface area (Å²) in [6, 6.07) is 15.8. The summed E-state index contributed by atoms with van der Waals surface area (Å²) in [5.41, 5.74) is 4.44. The van der Waals surface area contributed by atoms with Crippen molar-refractivity contribution >= 4 is 46.8 Å². The molecule has 0 unspecified atom stereocenters. The molecule has 0 aliphatic carbocycles. The largest absolute Gasteiger partial charge is 0.478 e. The van der Waals surface area contributed by atoms with Crippen LogP contribution in [0.5, 0.6) is 0 Å². The Kier molecular flexibility index (Phi) is 3.73. The Bertz CT molecular complexity index is 1260. The first-order valence-corrected chi connectivity index (χ1v) is 8.41. The number of carbonyl (C=O) groups is 1. The maximum atomic E-state index is 11.8. The number of aryl methyl sites for hydroxylation is 1. The van der Waals surface area contributed by atoms with Gasteiger partial charge >= 0.3 is 5.97 Å². The van der Waals surface area contributed by atoms with E-state index >= 15 is 0 Å². The lowest BCUT2D eigenvalue weighted by Gasteiger charge is -2.11. The summed E-state index contributed by atoms with van der Waals surface area (Å²) in [6.07, 6.45) is 0. The van der Waals surface area contributed by atoms with Gasteiger partial charge in [-0.15, -0.1) is 0 Å². The second kappa shape index (κ2) is 5.98. The van der Waals surface area contributed by atoms with Crippen molar-refractivity contribution < 1.29 is 14.8 Å². The first kappa shape index (κ1) is 16.8. The predicted octanol–water partition coefficient (Wildman–Crippen LogP) is 2.96. The fraction of sp³-hybridized carbons (Fsp3) is 0.0500. The Morgan fingerprint density at radius 1 is 1.11 bits per heavy atom. The van der Waals surface area contributed by atoms with Crippen LogP contribution < -0.4 is 5.46 Å². The third-order valence-corrected chi connectivity index (χ3v) is 4.81. The molecule has 0 saturated heterocycles. The molecular formula is C20H15BN2O4. The number of fused-ring (bicyclic) bond motifs is 3. The number of benzene rings is 3. The molecule has 0 saturated carbocycles. The lowest BCUT2D eigenvalue weighted by molar-refractivity contribution is -0.384. The third-order valence-electron chi connectivity index (χ3n) is 4.81. The topological polar surface area (TPSA) is 85.4 Å². The Morgan fingerprint density at radius 3 is 2.56 bits per heavy atom. The second-order valence-corrected chi connectivity index (χ2v) is 6.59. The van der Waals surface area contributed by atoms with E-state index in [0.29, 0.717) is 5.39 Å². The summed E-state index contributed by atoms with van der Waals surface area (Å²) in [7, 11) is 1.96. The van der Waals surface area contributed by atoms with Crippen LogP contribution in [0.4, 0.5) is 5.69 Å². The highest BCUT2D eigenvalue weighted by Crippen LogP contribution is 2.35. The molecule has 1 aromatic heterocycles. The van der Waals surface area contributed by atoms with Gasteiger partial charge in [0, 0.05) is 28.6 Å². The second-order valence-electron chi connectivity index (χ2n) is 6.59. The van der Waals surface area contributed by atoms with Crippen LogP contribution in [0.2, 0.25) is 0 Å². The smallest absolute Gasteiger partial charge is 0.336 e. The van der Waals surface area contributed by atoms with Gasteiger partial charge in [0.15, 0.2) is 0 Å². The van der Waals surface area contributed by atoms with Crippen LogP contribution >= 0.6 is 0 Å². The Balaban J connectivity index is 2.16. The molecule has 1 N–H and O–H groups in total. The van der Waals surface area contributed by atoms with E-state index in [0.717, 1.165) is 33.1 Å². The minimum Gasteiger partial charge on any atom is -0.478 e. The quantitative estimate of drug-likeness (QED) is 0.347. The lowest BCUT2D eigenvalue weighted by Crippen LogP contribution is -2.01. The molecule has 0 radical (unpaired) electrons. The molecule has 0 aliphatic rings. The molecule has 1 heterocycles. The number of aromatic nitrogens is 1. The van der Waals surface area contributed by atoms with Crippen molar-refractivity contribution in [2.45, 2.75) is 6.92 Å². The molecule has 4 rings (SSSR count). The van der Waals surface area contributed by atoms with Gasteiger partial charge in [-0.2, -0.15) is 0 Å². The van der Waals surface area contributed by atoms with Gasteiger partial charge in [0.1, 0.15) is 7.85 Å². The first-order valence-electron chi connectivity index (χ1n) is 8.41. The molecule has 3 aromatic carbocycles. The normalized spacial score (nSPS) is 11.1. The van der Waals surface area contributed by atoms with Crippen molar-refractivity contribution in [3.8, 4) is 5.69 Å². The van der Waals surface area contributed by atoms with Crippen LogP contribution in [0.3, 0.4) is 0 Å². The van der Waals surface area contributed by atoms with Crippen LogP contribution in [0.15, 0.2) is 54.6 Å². The van der Waals surface area contributed by atoms with Crippen molar-refractivity contribution in [3.63, 3.8) is 0 Å². The molecule has 0 amide bonds. The zero-order chi connectivity index (χ0) is 19.3. The number of rotatable bonds is 3. The van der Waals surface area contributed by atoms with E-state index in [1.54, 1.807) is 18.2 Å². The number of nitro benzene ring substituents is 1. The molecule has 27 heavy (non-hydrogen) atoms. The molecule has 4 aromatic rings. The molecule has 0 bridgehead atoms. The number of non-ortho nitro benzene ring substituents is 1. The van der Waals surface area contributed by atoms with Gasteiger partial charge in [-0.05, 0) is 36.8 Å². The van der Waals surface area contributed by atoms with Crippen LogP contribution in [0, 0.1) is 17.0 Å². The molecule has 7 heteroatoms. The summed E-state index contributed by atoms with van der Waals surface area (Å²) in [6.45, 7) is 1.81. The van der Waals surface area contributed by atoms with Crippen LogP contribution in [0.25, 0.3) is 27.5 Å². The minimum absolute atomic E-state index is 0.0269. The van der Waals surface area contributed by atoms with E-state index in [4.69, 9.17) is 0 Å². The zero-order valence-corrected chi connectivity index (χ0v) is 14.8. The van der Waals surface area contributed by atoms with E-state index in [1.807, 2.05) is 43.6 Å². The highest BCUT2D eigenvalue weighted by atomic mass is 16.6. The minimum atomic E-state index is -0.985. The van der Waals surface area contributed by atoms with Gasteiger partial charge in [-0.3, -0.25) is 10.1 Å². The Morgan fingerprint density at radius 2 is 1.89 bits per heavy atom. The van der Waals surface area contributed by atoms with Crippen molar-refractivity contribution in [3.05, 3.63) is 75.8 Å². The lowest BCUT2D eigenvalue weighted by atomic mass is 9.94. The summed E-state index contributed by atoms with van der Waals surface area (Å²) in [5.74, 6) is -0.985. The van der Waals surface area contributed by atoms with Gasteiger partial charge in [-0.1, -0.05) is 23.7 Å². The molecule has 0 spiro atoms. The summed E-state index contributed by atoms with van der Waals surface area (Å²) in [5, 5.41) is 22.2. The summed E-state index contributed by atoms with van der Waals surface area (Å²) >= 11 is 0. The van der Waals surface area contributed by atoms with E-state index < -0.39 is 10.9 Å². The molecule has 0 atom stereocenters. The molecular weight excluding hydrogens is 343 g/mol. The standard InChI is InChI=1S/C20H15BN2O4/c1-11-9-13(23(26)27)6-8-16(11)22-17-7-5-12(21)10-15(17)19-14(20(24)25)3-2-4-18(19)22/h2-10H,21H2,1H3,(H,24,25). The number of hydrogen-bond acceptors (Lipinski definition) is 3. The number of nitro groups is 1. The average molecular weight is 358 g/mol. The highest BCUT2D eigenvalue weighted by molar-refractivity contribution is 6.34. The molecule has 0 fully saturated rings. The maximum Gasteiger partial charge on any atom is 0.336 e. The van der Waals surface area contributed by atoms with Crippen LogP contribution in [-0.4, -0.2) is 28.4 Å². The van der Waals surface area contributed by atoms with Crippen LogP contribution in [0.1, 0.15) is 15.9 Å². The highest BCUT2D eigenvalue weighted by Gasteiger charge is 2.19. The molecule has 0 aliphatic heterocycles. The van der Waals surface area contributed by atoms with E-state index in [-0.39, 0.29) is 11.3 Å². The third kappa shape index (κ3) is 2.55. The van der Waals surface area contributed by atoms with Crippen molar-refractivity contribution in [2.24, 2.45) is 0 Å².